The number of methoxy groups -OCH3 is 1. The Kier molecular flexibility index (Phi) is 5.74. The fourth-order valence-corrected chi connectivity index (χ4v) is 3.82. The molecule has 1 nitrogen and oxygen atoms in total. The summed E-state index contributed by atoms with van der Waals surface area (Å²) < 4.78 is 5.36. The van der Waals surface area contributed by atoms with E-state index in [2.05, 4.69) is 45.5 Å². The van der Waals surface area contributed by atoms with Crippen LogP contribution in [0.25, 0.3) is 0 Å². The van der Waals surface area contributed by atoms with Crippen molar-refractivity contribution in [3.05, 3.63) is 24.3 Å². The maximum atomic E-state index is 5.36. The summed E-state index contributed by atoms with van der Waals surface area (Å²) in [5.74, 6) is 3.56. The molecule has 0 N–H and O–H groups in total. The molecule has 0 saturated heterocycles. The Morgan fingerprint density at radius 2 is 1.94 bits per heavy atom. The second-order valence-corrected chi connectivity index (χ2v) is 6.63. The SMILES string of the molecule is COc1ccccc1SCC(CS)C(C)(C)C. The summed E-state index contributed by atoms with van der Waals surface area (Å²) in [4.78, 5) is 1.21. The van der Waals surface area contributed by atoms with Gasteiger partial charge in [-0.3, -0.25) is 0 Å². The molecule has 0 aliphatic rings. The van der Waals surface area contributed by atoms with Gasteiger partial charge >= 0.3 is 0 Å². The number of hydrogen-bond acceptors (Lipinski definition) is 3. The van der Waals surface area contributed by atoms with Crippen molar-refractivity contribution in [2.24, 2.45) is 11.3 Å². The standard InChI is InChI=1S/C14H22OS2/c1-14(2,3)11(9-16)10-17-13-8-6-5-7-12(13)15-4/h5-8,11,16H,9-10H2,1-4H3. The lowest BCUT2D eigenvalue weighted by Crippen LogP contribution is -2.24. The molecule has 0 bridgehead atoms. The van der Waals surface area contributed by atoms with Gasteiger partial charge in [-0.2, -0.15) is 12.6 Å². The highest BCUT2D eigenvalue weighted by atomic mass is 32.2. The molecular formula is C14H22OS2. The lowest BCUT2D eigenvalue weighted by Gasteiger charge is -2.29. The Balaban J connectivity index is 2.66. The van der Waals surface area contributed by atoms with Crippen LogP contribution < -0.4 is 4.74 Å². The van der Waals surface area contributed by atoms with Gasteiger partial charge in [0.15, 0.2) is 0 Å². The van der Waals surface area contributed by atoms with Gasteiger partial charge in [0.05, 0.1) is 7.11 Å². The first-order chi connectivity index (χ1) is 7.99. The zero-order valence-electron chi connectivity index (χ0n) is 11.1. The summed E-state index contributed by atoms with van der Waals surface area (Å²) in [5, 5.41) is 0. The van der Waals surface area contributed by atoms with Crippen molar-refractivity contribution in [3.8, 4) is 5.75 Å². The molecule has 0 aliphatic heterocycles. The first kappa shape index (κ1) is 14.8. The highest BCUT2D eigenvalue weighted by Gasteiger charge is 2.23. The van der Waals surface area contributed by atoms with Gasteiger partial charge in [-0.05, 0) is 29.2 Å². The monoisotopic (exact) mass is 270 g/mol. The molecule has 0 amide bonds. The summed E-state index contributed by atoms with van der Waals surface area (Å²) in [6.45, 7) is 6.82. The van der Waals surface area contributed by atoms with E-state index in [9.17, 15) is 0 Å². The minimum Gasteiger partial charge on any atom is -0.496 e. The first-order valence-corrected chi connectivity index (χ1v) is 7.47. The molecule has 1 aromatic rings. The summed E-state index contributed by atoms with van der Waals surface area (Å²) in [6.07, 6.45) is 0. The quantitative estimate of drug-likeness (QED) is 0.628. The van der Waals surface area contributed by atoms with Crippen molar-refractivity contribution in [1.29, 1.82) is 0 Å². The van der Waals surface area contributed by atoms with E-state index in [0.29, 0.717) is 11.3 Å². The molecule has 0 fully saturated rings. The third-order valence-electron chi connectivity index (χ3n) is 2.95. The van der Waals surface area contributed by atoms with Crippen molar-refractivity contribution >= 4 is 24.4 Å². The molecule has 96 valence electrons. The van der Waals surface area contributed by atoms with Crippen molar-refractivity contribution in [1.82, 2.24) is 0 Å². The van der Waals surface area contributed by atoms with Gasteiger partial charge in [-0.25, -0.2) is 0 Å². The van der Waals surface area contributed by atoms with E-state index < -0.39 is 0 Å². The molecule has 1 atom stereocenters. The second kappa shape index (κ2) is 6.60. The van der Waals surface area contributed by atoms with E-state index in [0.717, 1.165) is 17.3 Å². The topological polar surface area (TPSA) is 9.23 Å². The number of thiol groups is 1. The summed E-state index contributed by atoms with van der Waals surface area (Å²) in [5.41, 5.74) is 0.302. The van der Waals surface area contributed by atoms with Crippen LogP contribution in [-0.2, 0) is 0 Å². The molecule has 0 radical (unpaired) electrons. The van der Waals surface area contributed by atoms with E-state index in [1.807, 2.05) is 23.9 Å². The molecule has 17 heavy (non-hydrogen) atoms. The lowest BCUT2D eigenvalue weighted by molar-refractivity contribution is 0.294. The molecule has 3 heteroatoms. The molecule has 1 aromatic carbocycles. The van der Waals surface area contributed by atoms with Crippen molar-refractivity contribution in [3.63, 3.8) is 0 Å². The Labute approximate surface area is 115 Å². The number of benzene rings is 1. The Morgan fingerprint density at radius 1 is 1.29 bits per heavy atom. The molecule has 1 unspecified atom stereocenters. The van der Waals surface area contributed by atoms with Crippen LogP contribution in [0.3, 0.4) is 0 Å². The van der Waals surface area contributed by atoms with Gasteiger partial charge in [-0.1, -0.05) is 32.9 Å². The number of thioether (sulfide) groups is 1. The largest absolute Gasteiger partial charge is 0.496 e. The van der Waals surface area contributed by atoms with Gasteiger partial charge < -0.3 is 4.74 Å². The fourth-order valence-electron chi connectivity index (χ4n) is 1.50. The normalized spacial score (nSPS) is 13.5. The predicted octanol–water partition coefficient (Wildman–Crippen LogP) is 4.38. The van der Waals surface area contributed by atoms with Gasteiger partial charge in [0, 0.05) is 10.6 Å². The van der Waals surface area contributed by atoms with Crippen LogP contribution >= 0.6 is 24.4 Å². The van der Waals surface area contributed by atoms with E-state index >= 15 is 0 Å². The van der Waals surface area contributed by atoms with E-state index in [-0.39, 0.29) is 0 Å². The molecular weight excluding hydrogens is 248 g/mol. The van der Waals surface area contributed by atoms with Crippen LogP contribution in [-0.4, -0.2) is 18.6 Å². The molecule has 1 rings (SSSR count). The van der Waals surface area contributed by atoms with Gasteiger partial charge in [0.1, 0.15) is 5.75 Å². The molecule has 0 heterocycles. The van der Waals surface area contributed by atoms with Crippen LogP contribution in [0.2, 0.25) is 0 Å². The molecule has 0 saturated carbocycles. The molecule has 0 spiro atoms. The number of hydrogen-bond donors (Lipinski definition) is 1. The predicted molar refractivity (Wildman–Crippen MR) is 80.5 cm³/mol. The second-order valence-electron chi connectivity index (χ2n) is 5.21. The average Bonchev–Trinajstić information content (AvgIpc) is 2.28. The average molecular weight is 270 g/mol. The smallest absolute Gasteiger partial charge is 0.132 e. The van der Waals surface area contributed by atoms with Crippen molar-refractivity contribution < 1.29 is 4.74 Å². The summed E-state index contributed by atoms with van der Waals surface area (Å²) >= 11 is 6.32. The highest BCUT2D eigenvalue weighted by Crippen LogP contribution is 2.35. The van der Waals surface area contributed by atoms with Crippen molar-refractivity contribution in [2.45, 2.75) is 25.7 Å². The van der Waals surface area contributed by atoms with E-state index in [1.165, 1.54) is 4.90 Å². The maximum Gasteiger partial charge on any atom is 0.132 e. The Hall–Kier alpha value is -0.280. The van der Waals surface area contributed by atoms with Crippen LogP contribution in [0, 0.1) is 11.3 Å². The number of para-hydroxylation sites is 1. The van der Waals surface area contributed by atoms with Crippen LogP contribution in [0.5, 0.6) is 5.75 Å². The van der Waals surface area contributed by atoms with Gasteiger partial charge in [-0.15, -0.1) is 11.8 Å². The maximum absolute atomic E-state index is 5.36. The van der Waals surface area contributed by atoms with E-state index in [4.69, 9.17) is 4.74 Å². The molecule has 0 aliphatic carbocycles. The molecule has 0 aromatic heterocycles. The van der Waals surface area contributed by atoms with Crippen LogP contribution in [0.15, 0.2) is 29.2 Å². The van der Waals surface area contributed by atoms with Crippen molar-refractivity contribution in [2.75, 3.05) is 18.6 Å². The first-order valence-electron chi connectivity index (χ1n) is 5.85. The van der Waals surface area contributed by atoms with Gasteiger partial charge in [0.2, 0.25) is 0 Å². The number of rotatable bonds is 5. The van der Waals surface area contributed by atoms with Crippen LogP contribution in [0.4, 0.5) is 0 Å². The van der Waals surface area contributed by atoms with Crippen LogP contribution in [0.1, 0.15) is 20.8 Å². The number of ether oxygens (including phenoxy) is 1. The Morgan fingerprint density at radius 3 is 2.47 bits per heavy atom. The van der Waals surface area contributed by atoms with E-state index in [1.54, 1.807) is 7.11 Å². The minimum atomic E-state index is 0.302. The third kappa shape index (κ3) is 4.47. The third-order valence-corrected chi connectivity index (χ3v) is 4.61. The zero-order valence-corrected chi connectivity index (χ0v) is 12.8. The summed E-state index contributed by atoms with van der Waals surface area (Å²) in [6, 6.07) is 8.18. The van der Waals surface area contributed by atoms with Gasteiger partial charge in [0.25, 0.3) is 0 Å². The zero-order chi connectivity index (χ0) is 12.9. The Bertz CT molecular complexity index is 344. The fraction of sp³-hybridized carbons (Fsp3) is 0.571. The minimum absolute atomic E-state index is 0.302. The lowest BCUT2D eigenvalue weighted by atomic mass is 9.83. The summed E-state index contributed by atoms with van der Waals surface area (Å²) in [7, 11) is 1.72. The highest BCUT2D eigenvalue weighted by molar-refractivity contribution is 7.99.